The van der Waals surface area contributed by atoms with Crippen molar-refractivity contribution in [3.8, 4) is 0 Å². The molecule has 0 spiro atoms. The van der Waals surface area contributed by atoms with E-state index in [1.165, 1.54) is 19.1 Å². The molecule has 2 amide bonds. The summed E-state index contributed by atoms with van der Waals surface area (Å²) in [6.45, 7) is 1.36. The van der Waals surface area contributed by atoms with Gasteiger partial charge in [0.15, 0.2) is 11.6 Å². The van der Waals surface area contributed by atoms with E-state index in [0.717, 1.165) is 23.5 Å². The van der Waals surface area contributed by atoms with Crippen LogP contribution < -0.4 is 10.6 Å². The second-order valence-corrected chi connectivity index (χ2v) is 5.01. The SMILES string of the molecule is CC(=O)Nc1ccc(C(=O)Nc2ccc(F)c(F)c2)s1. The fraction of sp³-hybridized carbons (Fsp3) is 0.0769. The van der Waals surface area contributed by atoms with Crippen molar-refractivity contribution in [1.29, 1.82) is 0 Å². The summed E-state index contributed by atoms with van der Waals surface area (Å²) in [6, 6.07) is 6.22. The number of benzene rings is 1. The zero-order chi connectivity index (χ0) is 14.7. The van der Waals surface area contributed by atoms with Gasteiger partial charge in [0.2, 0.25) is 5.91 Å². The van der Waals surface area contributed by atoms with Crippen molar-refractivity contribution in [3.05, 3.63) is 46.8 Å². The molecule has 20 heavy (non-hydrogen) atoms. The predicted octanol–water partition coefficient (Wildman–Crippen LogP) is 3.24. The van der Waals surface area contributed by atoms with Gasteiger partial charge in [-0.3, -0.25) is 9.59 Å². The fourth-order valence-corrected chi connectivity index (χ4v) is 2.31. The molecule has 0 fully saturated rings. The molecule has 0 aliphatic rings. The van der Waals surface area contributed by atoms with Gasteiger partial charge in [0.1, 0.15) is 0 Å². The van der Waals surface area contributed by atoms with Crippen LogP contribution in [0, 0.1) is 11.6 Å². The highest BCUT2D eigenvalue weighted by Crippen LogP contribution is 2.23. The topological polar surface area (TPSA) is 58.2 Å². The third-order valence-electron chi connectivity index (χ3n) is 2.31. The number of carbonyl (C=O) groups excluding carboxylic acids is 2. The number of nitrogens with one attached hydrogen (secondary N) is 2. The minimum absolute atomic E-state index is 0.156. The van der Waals surface area contributed by atoms with E-state index in [2.05, 4.69) is 10.6 Å². The zero-order valence-electron chi connectivity index (χ0n) is 10.4. The summed E-state index contributed by atoms with van der Waals surface area (Å²) in [5.74, 6) is -2.71. The minimum atomic E-state index is -1.03. The minimum Gasteiger partial charge on any atom is -0.321 e. The van der Waals surface area contributed by atoms with Crippen molar-refractivity contribution in [2.75, 3.05) is 10.6 Å². The maximum Gasteiger partial charge on any atom is 0.265 e. The lowest BCUT2D eigenvalue weighted by atomic mass is 10.3. The largest absolute Gasteiger partial charge is 0.321 e. The van der Waals surface area contributed by atoms with E-state index in [9.17, 15) is 18.4 Å². The number of hydrogen-bond acceptors (Lipinski definition) is 3. The second kappa shape index (κ2) is 5.79. The first-order valence-electron chi connectivity index (χ1n) is 5.59. The van der Waals surface area contributed by atoms with Crippen LogP contribution in [0.15, 0.2) is 30.3 Å². The molecule has 0 bridgehead atoms. The van der Waals surface area contributed by atoms with Crippen molar-refractivity contribution < 1.29 is 18.4 Å². The standard InChI is InChI=1S/C13H10F2N2O2S/c1-7(18)16-12-5-4-11(20-12)13(19)17-8-2-3-9(14)10(15)6-8/h2-6H,1H3,(H,16,18)(H,17,19). The fourth-order valence-electron chi connectivity index (χ4n) is 1.47. The van der Waals surface area contributed by atoms with Crippen molar-refractivity contribution in [3.63, 3.8) is 0 Å². The van der Waals surface area contributed by atoms with E-state index < -0.39 is 17.5 Å². The molecule has 2 aromatic rings. The second-order valence-electron chi connectivity index (χ2n) is 3.93. The Balaban J connectivity index is 2.09. The van der Waals surface area contributed by atoms with Crippen molar-refractivity contribution in [2.45, 2.75) is 6.92 Å². The molecule has 104 valence electrons. The molecule has 1 heterocycles. The molecule has 0 atom stereocenters. The molecule has 1 aromatic heterocycles. The van der Waals surface area contributed by atoms with Gasteiger partial charge in [0.25, 0.3) is 5.91 Å². The normalized spacial score (nSPS) is 10.2. The quantitative estimate of drug-likeness (QED) is 0.913. The molecule has 2 N–H and O–H groups in total. The summed E-state index contributed by atoms with van der Waals surface area (Å²) >= 11 is 1.08. The van der Waals surface area contributed by atoms with Gasteiger partial charge in [-0.25, -0.2) is 8.78 Å². The lowest BCUT2D eigenvalue weighted by molar-refractivity contribution is -0.114. The predicted molar refractivity (Wildman–Crippen MR) is 72.9 cm³/mol. The molecule has 0 aliphatic carbocycles. The van der Waals surface area contributed by atoms with Crippen LogP contribution in [0.5, 0.6) is 0 Å². The summed E-state index contributed by atoms with van der Waals surface area (Å²) < 4.78 is 25.8. The Bertz CT molecular complexity index is 670. The van der Waals surface area contributed by atoms with Crippen LogP contribution in [0.25, 0.3) is 0 Å². The smallest absolute Gasteiger partial charge is 0.265 e. The third kappa shape index (κ3) is 3.39. The maximum absolute atomic E-state index is 13.0. The molecule has 0 unspecified atom stereocenters. The number of carbonyl (C=O) groups is 2. The van der Waals surface area contributed by atoms with Gasteiger partial charge in [0.05, 0.1) is 9.88 Å². The Hall–Kier alpha value is -2.28. The van der Waals surface area contributed by atoms with Crippen molar-refractivity contribution in [2.24, 2.45) is 0 Å². The first-order chi connectivity index (χ1) is 9.45. The average Bonchev–Trinajstić information content (AvgIpc) is 2.81. The molecule has 7 heteroatoms. The highest BCUT2D eigenvalue weighted by Gasteiger charge is 2.11. The van der Waals surface area contributed by atoms with Crippen LogP contribution in [-0.4, -0.2) is 11.8 Å². The van der Waals surface area contributed by atoms with Crippen molar-refractivity contribution >= 4 is 33.8 Å². The maximum atomic E-state index is 13.0. The molecule has 1 aromatic carbocycles. The third-order valence-corrected chi connectivity index (χ3v) is 3.31. The van der Waals surface area contributed by atoms with Crippen LogP contribution >= 0.6 is 11.3 Å². The Morgan fingerprint density at radius 3 is 2.45 bits per heavy atom. The molecular weight excluding hydrogens is 286 g/mol. The highest BCUT2D eigenvalue weighted by molar-refractivity contribution is 7.18. The summed E-state index contributed by atoms with van der Waals surface area (Å²) in [5, 5.41) is 5.53. The van der Waals surface area contributed by atoms with Crippen molar-refractivity contribution in [1.82, 2.24) is 0 Å². The van der Waals surface area contributed by atoms with E-state index in [4.69, 9.17) is 0 Å². The van der Waals surface area contributed by atoms with E-state index in [0.29, 0.717) is 9.88 Å². The van der Waals surface area contributed by atoms with Crippen LogP contribution in [0.2, 0.25) is 0 Å². The van der Waals surface area contributed by atoms with Gasteiger partial charge in [-0.2, -0.15) is 0 Å². The van der Waals surface area contributed by atoms with Gasteiger partial charge in [-0.05, 0) is 24.3 Å². The number of halogens is 2. The van der Waals surface area contributed by atoms with Gasteiger partial charge in [-0.15, -0.1) is 11.3 Å². The van der Waals surface area contributed by atoms with Crippen LogP contribution in [0.3, 0.4) is 0 Å². The number of thiophene rings is 1. The van der Waals surface area contributed by atoms with Crippen LogP contribution in [0.1, 0.15) is 16.6 Å². The monoisotopic (exact) mass is 296 g/mol. The Morgan fingerprint density at radius 2 is 1.80 bits per heavy atom. The van der Waals surface area contributed by atoms with E-state index in [1.54, 1.807) is 6.07 Å². The summed E-state index contributed by atoms with van der Waals surface area (Å²) in [6.07, 6.45) is 0. The van der Waals surface area contributed by atoms with Crippen LogP contribution in [-0.2, 0) is 4.79 Å². The Labute approximate surface area is 117 Å². The first kappa shape index (κ1) is 14.1. The first-order valence-corrected chi connectivity index (χ1v) is 6.41. The highest BCUT2D eigenvalue weighted by atomic mass is 32.1. The molecule has 0 saturated heterocycles. The van der Waals surface area contributed by atoms with E-state index in [1.807, 2.05) is 0 Å². The lowest BCUT2D eigenvalue weighted by Crippen LogP contribution is -2.10. The molecule has 0 radical (unpaired) electrons. The number of anilines is 2. The molecular formula is C13H10F2N2O2S. The van der Waals surface area contributed by atoms with Crippen LogP contribution in [0.4, 0.5) is 19.5 Å². The number of amides is 2. The van der Waals surface area contributed by atoms with E-state index >= 15 is 0 Å². The summed E-state index contributed by atoms with van der Waals surface area (Å²) in [5.41, 5.74) is 0.156. The Kier molecular flexibility index (Phi) is 4.09. The summed E-state index contributed by atoms with van der Waals surface area (Å²) in [7, 11) is 0. The molecule has 2 rings (SSSR count). The van der Waals surface area contributed by atoms with Gasteiger partial charge >= 0.3 is 0 Å². The number of rotatable bonds is 3. The number of hydrogen-bond donors (Lipinski definition) is 2. The average molecular weight is 296 g/mol. The molecule has 0 aliphatic heterocycles. The summed E-state index contributed by atoms with van der Waals surface area (Å²) in [4.78, 5) is 23.1. The molecule has 0 saturated carbocycles. The zero-order valence-corrected chi connectivity index (χ0v) is 11.2. The van der Waals surface area contributed by atoms with Gasteiger partial charge < -0.3 is 10.6 Å². The lowest BCUT2D eigenvalue weighted by Gasteiger charge is -2.03. The van der Waals surface area contributed by atoms with Gasteiger partial charge in [-0.1, -0.05) is 0 Å². The Morgan fingerprint density at radius 1 is 1.05 bits per heavy atom. The molecule has 4 nitrogen and oxygen atoms in total. The van der Waals surface area contributed by atoms with E-state index in [-0.39, 0.29) is 11.6 Å². The van der Waals surface area contributed by atoms with Gasteiger partial charge in [0, 0.05) is 18.7 Å².